The Labute approximate surface area is 56.3 Å². The van der Waals surface area contributed by atoms with Crippen molar-refractivity contribution in [3.8, 4) is 0 Å². The molecule has 0 spiro atoms. The third kappa shape index (κ3) is 7.43. The van der Waals surface area contributed by atoms with E-state index in [2.05, 4.69) is 0 Å². The van der Waals surface area contributed by atoms with Crippen molar-refractivity contribution in [2.24, 2.45) is 0 Å². The summed E-state index contributed by atoms with van der Waals surface area (Å²) in [6.45, 7) is 3.60. The summed E-state index contributed by atoms with van der Waals surface area (Å²) in [6, 6.07) is 0. The van der Waals surface area contributed by atoms with Crippen LogP contribution in [0.2, 0.25) is 0 Å². The molecule has 0 atom stereocenters. The highest BCUT2D eigenvalue weighted by atomic mass is 16.3. The van der Waals surface area contributed by atoms with E-state index in [0.29, 0.717) is 0 Å². The van der Waals surface area contributed by atoms with E-state index in [9.17, 15) is 4.79 Å². The summed E-state index contributed by atoms with van der Waals surface area (Å²) in [4.78, 5) is 11.5. The molecule has 0 aromatic heterocycles. The first-order valence-corrected chi connectivity index (χ1v) is 2.99. The molecule has 1 N–H and O–H groups in total. The lowest BCUT2D eigenvalue weighted by Gasteiger charge is -2.05. The Morgan fingerprint density at radius 3 is 1.78 bits per heavy atom. The summed E-state index contributed by atoms with van der Waals surface area (Å²) in [5.41, 5.74) is 0. The Bertz CT molecular complexity index is 71.5. The second-order valence-electron chi connectivity index (χ2n) is 1.45. The van der Waals surface area contributed by atoms with Gasteiger partial charge in [-0.3, -0.25) is 4.79 Å². The van der Waals surface area contributed by atoms with Crippen LogP contribution in [0.15, 0.2) is 0 Å². The molecule has 0 saturated carbocycles. The van der Waals surface area contributed by atoms with Gasteiger partial charge < -0.3 is 10.0 Å². The second-order valence-corrected chi connectivity index (χ2v) is 1.45. The molecule has 3 heteroatoms. The molecule has 0 heterocycles. The predicted octanol–water partition coefficient (Wildman–Crippen LogP) is 0.0931. The fourth-order valence-electron chi connectivity index (χ4n) is 0.141. The molecule has 0 aliphatic carbocycles. The van der Waals surface area contributed by atoms with E-state index in [1.807, 2.05) is 13.8 Å². The summed E-state index contributed by atoms with van der Waals surface area (Å²) in [5, 5.41) is 8.11. The van der Waals surface area contributed by atoms with Crippen LogP contribution in [0.1, 0.15) is 13.8 Å². The first kappa shape index (κ1) is 11.3. The van der Waals surface area contributed by atoms with Crippen molar-refractivity contribution in [2.45, 2.75) is 13.8 Å². The van der Waals surface area contributed by atoms with Gasteiger partial charge in [0.25, 0.3) is 0 Å². The maximum absolute atomic E-state index is 10.2. The van der Waals surface area contributed by atoms with Gasteiger partial charge in [0.15, 0.2) is 0 Å². The fourth-order valence-corrected chi connectivity index (χ4v) is 0.141. The average molecular weight is 133 g/mol. The normalized spacial score (nSPS) is 7.22. The summed E-state index contributed by atoms with van der Waals surface area (Å²) in [6.07, 6.45) is 0. The van der Waals surface area contributed by atoms with Crippen LogP contribution in [-0.2, 0) is 4.79 Å². The summed E-state index contributed by atoms with van der Waals surface area (Å²) < 4.78 is 0. The Morgan fingerprint density at radius 1 is 1.44 bits per heavy atom. The molecule has 0 rings (SSSR count). The molecule has 0 radical (unpaired) electrons. The number of carbonyl (C=O) groups is 1. The van der Waals surface area contributed by atoms with Gasteiger partial charge in [-0.15, -0.1) is 0 Å². The lowest BCUT2D eigenvalue weighted by atomic mass is 10.6. The number of carbonyl (C=O) groups excluding carboxylic acids is 1. The third-order valence-electron chi connectivity index (χ3n) is 0.634. The van der Waals surface area contributed by atoms with Gasteiger partial charge >= 0.3 is 0 Å². The molecule has 0 aliphatic rings. The van der Waals surface area contributed by atoms with E-state index in [-0.39, 0.29) is 5.91 Å². The zero-order valence-corrected chi connectivity index (χ0v) is 6.51. The van der Waals surface area contributed by atoms with Crippen LogP contribution in [0.25, 0.3) is 0 Å². The molecule has 0 aliphatic heterocycles. The van der Waals surface area contributed by atoms with Crippen molar-refractivity contribution < 1.29 is 9.90 Å². The number of amides is 1. The molecule has 0 fully saturated rings. The molecule has 0 aromatic rings. The Kier molecular flexibility index (Phi) is 9.29. The Morgan fingerprint density at radius 2 is 1.78 bits per heavy atom. The van der Waals surface area contributed by atoms with Gasteiger partial charge in [0.1, 0.15) is 6.61 Å². The Balaban J connectivity index is 0. The van der Waals surface area contributed by atoms with Crippen LogP contribution in [0.5, 0.6) is 0 Å². The maximum atomic E-state index is 10.2. The van der Waals surface area contributed by atoms with Gasteiger partial charge in [-0.1, -0.05) is 13.8 Å². The van der Waals surface area contributed by atoms with Crippen molar-refractivity contribution >= 4 is 5.91 Å². The monoisotopic (exact) mass is 133 g/mol. The quantitative estimate of drug-likeness (QED) is 0.551. The first-order chi connectivity index (χ1) is 4.18. The minimum absolute atomic E-state index is 0.264. The highest BCUT2D eigenvalue weighted by molar-refractivity contribution is 5.76. The van der Waals surface area contributed by atoms with Crippen molar-refractivity contribution in [3.05, 3.63) is 0 Å². The molecule has 9 heavy (non-hydrogen) atoms. The van der Waals surface area contributed by atoms with Gasteiger partial charge in [0, 0.05) is 14.1 Å². The zero-order chi connectivity index (χ0) is 7.86. The van der Waals surface area contributed by atoms with Crippen molar-refractivity contribution in [3.63, 3.8) is 0 Å². The molecule has 0 bridgehead atoms. The molecule has 3 nitrogen and oxygen atoms in total. The van der Waals surface area contributed by atoms with E-state index < -0.39 is 6.61 Å². The van der Waals surface area contributed by atoms with Crippen LogP contribution in [0.3, 0.4) is 0 Å². The number of nitrogens with zero attached hydrogens (tertiary/aromatic N) is 1. The number of aliphatic hydroxyl groups excluding tert-OH is 1. The molecule has 0 aromatic carbocycles. The molecule has 0 unspecified atom stereocenters. The van der Waals surface area contributed by atoms with Crippen molar-refractivity contribution in [1.29, 1.82) is 0 Å². The van der Waals surface area contributed by atoms with E-state index in [0.717, 1.165) is 0 Å². The molecule has 56 valence electrons. The standard InChI is InChI=1S/C4H9NO2.C2H6/c1-5(2)4(7)3-6;1-2/h6H,3H2,1-2H3;1-2H3. The highest BCUT2D eigenvalue weighted by Crippen LogP contribution is 1.71. The minimum atomic E-state index is -0.396. The molecular formula is C6H15NO2. The van der Waals surface area contributed by atoms with Crippen LogP contribution in [-0.4, -0.2) is 36.6 Å². The lowest BCUT2D eigenvalue weighted by Crippen LogP contribution is -2.24. The molecule has 1 amide bonds. The SMILES string of the molecule is CC.CN(C)C(=O)CO. The summed E-state index contributed by atoms with van der Waals surface area (Å²) >= 11 is 0. The zero-order valence-electron chi connectivity index (χ0n) is 6.51. The predicted molar refractivity (Wildman–Crippen MR) is 37.1 cm³/mol. The van der Waals surface area contributed by atoms with Gasteiger partial charge in [-0.05, 0) is 0 Å². The highest BCUT2D eigenvalue weighted by Gasteiger charge is 1.96. The van der Waals surface area contributed by atoms with Gasteiger partial charge in [-0.25, -0.2) is 0 Å². The van der Waals surface area contributed by atoms with Crippen molar-refractivity contribution in [1.82, 2.24) is 4.90 Å². The smallest absolute Gasteiger partial charge is 0.247 e. The van der Waals surface area contributed by atoms with Gasteiger partial charge in [0.2, 0.25) is 5.91 Å². The third-order valence-corrected chi connectivity index (χ3v) is 0.634. The molecular weight excluding hydrogens is 118 g/mol. The largest absolute Gasteiger partial charge is 0.387 e. The fraction of sp³-hybridized carbons (Fsp3) is 0.833. The average Bonchev–Trinajstić information content (AvgIpc) is 1.91. The number of aliphatic hydroxyl groups is 1. The lowest BCUT2D eigenvalue weighted by molar-refractivity contribution is -0.131. The molecule has 0 saturated heterocycles. The first-order valence-electron chi connectivity index (χ1n) is 2.99. The number of rotatable bonds is 1. The number of hydrogen-bond donors (Lipinski definition) is 1. The van der Waals surface area contributed by atoms with Crippen molar-refractivity contribution in [2.75, 3.05) is 20.7 Å². The van der Waals surface area contributed by atoms with Crippen LogP contribution >= 0.6 is 0 Å². The van der Waals surface area contributed by atoms with Gasteiger partial charge in [0.05, 0.1) is 0 Å². The van der Waals surface area contributed by atoms with E-state index in [1.165, 1.54) is 4.90 Å². The second kappa shape index (κ2) is 7.43. The van der Waals surface area contributed by atoms with E-state index in [4.69, 9.17) is 5.11 Å². The maximum Gasteiger partial charge on any atom is 0.247 e. The number of hydrogen-bond acceptors (Lipinski definition) is 2. The van der Waals surface area contributed by atoms with Gasteiger partial charge in [-0.2, -0.15) is 0 Å². The minimum Gasteiger partial charge on any atom is -0.387 e. The number of likely N-dealkylation sites (N-methyl/N-ethyl adjacent to an activating group) is 1. The van der Waals surface area contributed by atoms with Crippen LogP contribution in [0, 0.1) is 0 Å². The van der Waals surface area contributed by atoms with E-state index >= 15 is 0 Å². The summed E-state index contributed by atoms with van der Waals surface area (Å²) in [7, 11) is 3.19. The van der Waals surface area contributed by atoms with Crippen LogP contribution < -0.4 is 0 Å². The topological polar surface area (TPSA) is 40.5 Å². The van der Waals surface area contributed by atoms with Crippen LogP contribution in [0.4, 0.5) is 0 Å². The summed E-state index contributed by atoms with van der Waals surface area (Å²) in [5.74, 6) is -0.264. The Hall–Kier alpha value is -0.570. The van der Waals surface area contributed by atoms with E-state index in [1.54, 1.807) is 14.1 Å².